The fourth-order valence-corrected chi connectivity index (χ4v) is 4.62. The van der Waals surface area contributed by atoms with Crippen molar-refractivity contribution in [1.29, 1.82) is 0 Å². The molecule has 0 atom stereocenters. The van der Waals surface area contributed by atoms with Gasteiger partial charge in [0.2, 0.25) is 5.91 Å². The molecular formula is C25H26N2O6S. The van der Waals surface area contributed by atoms with E-state index in [9.17, 15) is 18.0 Å². The molecule has 1 N–H and O–H groups in total. The van der Waals surface area contributed by atoms with Crippen molar-refractivity contribution in [3.63, 3.8) is 0 Å². The number of nitrogens with one attached hydrogen (secondary N) is 1. The minimum absolute atomic E-state index is 0.00796. The molecule has 3 rings (SSSR count). The van der Waals surface area contributed by atoms with Gasteiger partial charge in [0.15, 0.2) is 0 Å². The number of ether oxygens (including phenoxy) is 2. The van der Waals surface area contributed by atoms with Crippen molar-refractivity contribution in [3.8, 4) is 5.75 Å². The minimum atomic E-state index is -4.09. The van der Waals surface area contributed by atoms with Crippen LogP contribution in [0.15, 0.2) is 77.7 Å². The van der Waals surface area contributed by atoms with Crippen LogP contribution < -0.4 is 14.4 Å². The number of esters is 1. The summed E-state index contributed by atoms with van der Waals surface area (Å²) in [4.78, 5) is 25.2. The molecule has 1 amide bonds. The van der Waals surface area contributed by atoms with Gasteiger partial charge in [-0.25, -0.2) is 13.2 Å². The Morgan fingerprint density at radius 2 is 1.59 bits per heavy atom. The molecule has 9 heteroatoms. The molecular weight excluding hydrogens is 456 g/mol. The number of carbonyl (C=O) groups is 2. The molecule has 0 saturated carbocycles. The Balaban J connectivity index is 1.93. The normalized spacial score (nSPS) is 10.9. The number of methoxy groups -OCH3 is 1. The molecule has 0 aliphatic carbocycles. The molecule has 0 aliphatic heterocycles. The van der Waals surface area contributed by atoms with E-state index < -0.39 is 28.4 Å². The first kappa shape index (κ1) is 24.8. The third-order valence-corrected chi connectivity index (χ3v) is 6.74. The lowest BCUT2D eigenvalue weighted by Crippen LogP contribution is -2.38. The monoisotopic (exact) mass is 482 g/mol. The molecule has 0 spiro atoms. The van der Waals surface area contributed by atoms with Crippen molar-refractivity contribution in [1.82, 2.24) is 0 Å². The second-order valence-electron chi connectivity index (χ2n) is 7.34. The lowest BCUT2D eigenvalue weighted by atomic mass is 10.2. The average molecular weight is 483 g/mol. The van der Waals surface area contributed by atoms with Gasteiger partial charge in [-0.2, -0.15) is 0 Å². The highest BCUT2D eigenvalue weighted by atomic mass is 32.2. The molecule has 0 aromatic heterocycles. The summed E-state index contributed by atoms with van der Waals surface area (Å²) in [6.07, 6.45) is 0. The molecule has 8 nitrogen and oxygen atoms in total. The van der Waals surface area contributed by atoms with Crippen LogP contribution in [-0.2, 0) is 19.6 Å². The summed E-state index contributed by atoms with van der Waals surface area (Å²) in [5, 5.41) is 2.64. The maximum absolute atomic E-state index is 13.5. The summed E-state index contributed by atoms with van der Waals surface area (Å²) in [7, 11) is -2.60. The van der Waals surface area contributed by atoms with E-state index in [0.29, 0.717) is 11.4 Å². The fraction of sp³-hybridized carbons (Fsp3) is 0.200. The second kappa shape index (κ2) is 10.8. The zero-order valence-electron chi connectivity index (χ0n) is 19.1. The minimum Gasteiger partial charge on any atom is -0.497 e. The molecule has 178 valence electrons. The van der Waals surface area contributed by atoms with Gasteiger partial charge >= 0.3 is 5.97 Å². The largest absolute Gasteiger partial charge is 0.497 e. The SMILES string of the molecule is CCOC(=O)c1ccccc1NC(=O)CN(c1ccc(C)cc1)S(=O)(=O)c1ccc(OC)cc1. The number of sulfonamides is 1. The third kappa shape index (κ3) is 5.74. The van der Waals surface area contributed by atoms with E-state index in [1.165, 1.54) is 37.4 Å². The zero-order valence-corrected chi connectivity index (χ0v) is 20.0. The van der Waals surface area contributed by atoms with Crippen molar-refractivity contribution in [3.05, 3.63) is 83.9 Å². The summed E-state index contributed by atoms with van der Waals surface area (Å²) in [6.45, 7) is 3.24. The Hall–Kier alpha value is -3.85. The predicted molar refractivity (Wildman–Crippen MR) is 130 cm³/mol. The smallest absolute Gasteiger partial charge is 0.340 e. The molecule has 0 bridgehead atoms. The van der Waals surface area contributed by atoms with Crippen molar-refractivity contribution >= 4 is 33.3 Å². The maximum atomic E-state index is 13.5. The van der Waals surface area contributed by atoms with E-state index in [4.69, 9.17) is 9.47 Å². The van der Waals surface area contributed by atoms with Crippen molar-refractivity contribution in [2.24, 2.45) is 0 Å². The van der Waals surface area contributed by atoms with Gasteiger partial charge in [0.05, 0.1) is 35.6 Å². The van der Waals surface area contributed by atoms with Crippen LogP contribution in [0, 0.1) is 6.92 Å². The molecule has 0 saturated heterocycles. The van der Waals surface area contributed by atoms with Gasteiger partial charge in [-0.3, -0.25) is 9.10 Å². The van der Waals surface area contributed by atoms with Crippen LogP contribution in [0.5, 0.6) is 5.75 Å². The number of anilines is 2. The van der Waals surface area contributed by atoms with Crippen LogP contribution in [-0.4, -0.2) is 40.6 Å². The molecule has 0 radical (unpaired) electrons. The Kier molecular flexibility index (Phi) is 7.91. The summed E-state index contributed by atoms with van der Waals surface area (Å²) in [5.74, 6) is -0.691. The Morgan fingerprint density at radius 3 is 2.21 bits per heavy atom. The van der Waals surface area contributed by atoms with Crippen LogP contribution in [0.25, 0.3) is 0 Å². The maximum Gasteiger partial charge on any atom is 0.340 e. The van der Waals surface area contributed by atoms with Crippen molar-refractivity contribution in [2.45, 2.75) is 18.7 Å². The number of rotatable bonds is 9. The first-order chi connectivity index (χ1) is 16.3. The number of benzene rings is 3. The highest BCUT2D eigenvalue weighted by Gasteiger charge is 2.28. The highest BCUT2D eigenvalue weighted by molar-refractivity contribution is 7.92. The quantitative estimate of drug-likeness (QED) is 0.462. The lowest BCUT2D eigenvalue weighted by molar-refractivity contribution is -0.114. The Labute approximate surface area is 199 Å². The summed E-state index contributed by atoms with van der Waals surface area (Å²) in [5.41, 5.74) is 1.68. The number of nitrogens with zero attached hydrogens (tertiary/aromatic N) is 1. The van der Waals surface area contributed by atoms with E-state index >= 15 is 0 Å². The molecule has 3 aromatic carbocycles. The van der Waals surface area contributed by atoms with Crippen molar-refractivity contribution < 1.29 is 27.5 Å². The van der Waals surface area contributed by atoms with E-state index in [1.54, 1.807) is 49.4 Å². The molecule has 0 aliphatic rings. The number of aryl methyl sites for hydroxylation is 1. The molecule has 0 heterocycles. The van der Waals surface area contributed by atoms with E-state index in [2.05, 4.69) is 5.32 Å². The Bertz CT molecular complexity index is 1260. The van der Waals surface area contributed by atoms with Gasteiger partial charge in [0.1, 0.15) is 12.3 Å². The van der Waals surface area contributed by atoms with E-state index in [1.807, 2.05) is 6.92 Å². The lowest BCUT2D eigenvalue weighted by Gasteiger charge is -2.24. The van der Waals surface area contributed by atoms with Crippen LogP contribution in [0.1, 0.15) is 22.8 Å². The van der Waals surface area contributed by atoms with E-state index in [0.717, 1.165) is 9.87 Å². The summed E-state index contributed by atoms with van der Waals surface area (Å²) >= 11 is 0. The average Bonchev–Trinajstić information content (AvgIpc) is 2.83. The molecule has 3 aromatic rings. The van der Waals surface area contributed by atoms with E-state index in [-0.39, 0.29) is 22.8 Å². The molecule has 0 fully saturated rings. The van der Waals surface area contributed by atoms with Crippen molar-refractivity contribution in [2.75, 3.05) is 29.9 Å². The number of carbonyl (C=O) groups excluding carboxylic acids is 2. The van der Waals surface area contributed by atoms with Gasteiger partial charge in [0, 0.05) is 0 Å². The molecule has 34 heavy (non-hydrogen) atoms. The third-order valence-electron chi connectivity index (χ3n) is 4.95. The first-order valence-corrected chi connectivity index (χ1v) is 12.0. The standard InChI is InChI=1S/C25H26N2O6S/c1-4-33-25(29)22-7-5-6-8-23(22)26-24(28)17-27(19-11-9-18(2)10-12-19)34(30,31)21-15-13-20(32-3)14-16-21/h5-16H,4,17H2,1-3H3,(H,26,28). The highest BCUT2D eigenvalue weighted by Crippen LogP contribution is 2.26. The van der Waals surface area contributed by atoms with Gasteiger partial charge < -0.3 is 14.8 Å². The second-order valence-corrected chi connectivity index (χ2v) is 9.20. The summed E-state index contributed by atoms with van der Waals surface area (Å²) < 4.78 is 38.2. The van der Waals surface area contributed by atoms with Crippen LogP contribution in [0.2, 0.25) is 0 Å². The number of para-hydroxylation sites is 1. The van der Waals surface area contributed by atoms with Gasteiger partial charge in [-0.15, -0.1) is 0 Å². The molecule has 0 unspecified atom stereocenters. The van der Waals surface area contributed by atoms with Crippen LogP contribution in [0.4, 0.5) is 11.4 Å². The first-order valence-electron chi connectivity index (χ1n) is 10.6. The number of amides is 1. The number of hydrogen-bond donors (Lipinski definition) is 1. The van der Waals surface area contributed by atoms with Gasteiger partial charge in [-0.05, 0) is 62.4 Å². The summed E-state index contributed by atoms with van der Waals surface area (Å²) in [6, 6.07) is 19.1. The number of hydrogen-bond acceptors (Lipinski definition) is 6. The van der Waals surface area contributed by atoms with Gasteiger partial charge in [0.25, 0.3) is 10.0 Å². The fourth-order valence-electron chi connectivity index (χ4n) is 3.20. The zero-order chi connectivity index (χ0) is 24.7. The van der Waals surface area contributed by atoms with Gasteiger partial charge in [-0.1, -0.05) is 29.8 Å². The van der Waals surface area contributed by atoms with Crippen LogP contribution >= 0.6 is 0 Å². The Morgan fingerprint density at radius 1 is 0.941 bits per heavy atom. The predicted octanol–water partition coefficient (Wildman–Crippen LogP) is 4.01. The topological polar surface area (TPSA) is 102 Å². The van der Waals surface area contributed by atoms with Crippen LogP contribution in [0.3, 0.4) is 0 Å².